The van der Waals surface area contributed by atoms with Gasteiger partial charge in [-0.25, -0.2) is 0 Å². The molecule has 1 aromatic carbocycles. The summed E-state index contributed by atoms with van der Waals surface area (Å²) in [5.41, 5.74) is 10.0. The highest BCUT2D eigenvalue weighted by atomic mass is 16.5. The molecular formula is C15H24N2O. The maximum absolute atomic E-state index is 5.95. The molecule has 2 N–H and O–H groups in total. The molecule has 0 radical (unpaired) electrons. The van der Waals surface area contributed by atoms with Crippen molar-refractivity contribution in [2.75, 3.05) is 31.7 Å². The molecule has 1 aliphatic heterocycles. The van der Waals surface area contributed by atoms with Crippen molar-refractivity contribution in [3.63, 3.8) is 0 Å². The Morgan fingerprint density at radius 3 is 3.00 bits per heavy atom. The van der Waals surface area contributed by atoms with E-state index < -0.39 is 0 Å². The first kappa shape index (κ1) is 13.4. The van der Waals surface area contributed by atoms with Crippen LogP contribution in [0, 0.1) is 0 Å². The third-order valence-corrected chi connectivity index (χ3v) is 3.62. The van der Waals surface area contributed by atoms with Crippen LogP contribution in [-0.2, 0) is 11.2 Å². The van der Waals surface area contributed by atoms with Crippen LogP contribution in [-0.4, -0.2) is 26.8 Å². The van der Waals surface area contributed by atoms with E-state index in [1.807, 2.05) is 6.92 Å². The molecule has 3 nitrogen and oxygen atoms in total. The summed E-state index contributed by atoms with van der Waals surface area (Å²) in [6.07, 6.45) is 3.50. The van der Waals surface area contributed by atoms with Gasteiger partial charge >= 0.3 is 0 Å². The largest absolute Gasteiger partial charge is 0.385 e. The number of hydrogen-bond acceptors (Lipinski definition) is 3. The van der Waals surface area contributed by atoms with Crippen LogP contribution in [0.3, 0.4) is 0 Å². The van der Waals surface area contributed by atoms with E-state index in [1.54, 1.807) is 7.11 Å². The van der Waals surface area contributed by atoms with Gasteiger partial charge in [0.15, 0.2) is 0 Å². The molecule has 100 valence electrons. The van der Waals surface area contributed by atoms with Crippen LogP contribution in [0.4, 0.5) is 5.69 Å². The molecule has 1 aromatic rings. The Labute approximate surface area is 110 Å². The average molecular weight is 248 g/mol. The molecule has 18 heavy (non-hydrogen) atoms. The monoisotopic (exact) mass is 248 g/mol. The van der Waals surface area contributed by atoms with Crippen molar-refractivity contribution in [2.45, 2.75) is 32.2 Å². The standard InChI is InChI=1S/C15H24N2O/c1-12(16)13-6-7-15-14(11-13)5-3-8-17(15)9-4-10-18-2/h6-7,11-12H,3-5,8-10,16H2,1-2H3. The molecule has 1 unspecified atom stereocenters. The Morgan fingerprint density at radius 2 is 2.28 bits per heavy atom. The van der Waals surface area contributed by atoms with E-state index in [0.29, 0.717) is 0 Å². The summed E-state index contributed by atoms with van der Waals surface area (Å²) in [5.74, 6) is 0. The fourth-order valence-electron chi connectivity index (χ4n) is 2.61. The van der Waals surface area contributed by atoms with E-state index in [4.69, 9.17) is 10.5 Å². The van der Waals surface area contributed by atoms with Crippen LogP contribution >= 0.6 is 0 Å². The van der Waals surface area contributed by atoms with Crippen molar-refractivity contribution in [3.8, 4) is 0 Å². The van der Waals surface area contributed by atoms with Gasteiger partial charge in [0.2, 0.25) is 0 Å². The molecule has 0 aliphatic carbocycles. The van der Waals surface area contributed by atoms with Crippen LogP contribution in [0.1, 0.15) is 36.9 Å². The van der Waals surface area contributed by atoms with E-state index in [2.05, 4.69) is 23.1 Å². The SMILES string of the molecule is COCCCN1CCCc2cc(C(C)N)ccc21. The quantitative estimate of drug-likeness (QED) is 0.814. The third-order valence-electron chi connectivity index (χ3n) is 3.62. The molecule has 1 heterocycles. The maximum atomic E-state index is 5.95. The second-order valence-electron chi connectivity index (χ2n) is 5.11. The van der Waals surface area contributed by atoms with Crippen molar-refractivity contribution >= 4 is 5.69 Å². The molecule has 3 heteroatoms. The lowest BCUT2D eigenvalue weighted by Gasteiger charge is -2.32. The fourth-order valence-corrected chi connectivity index (χ4v) is 2.61. The van der Waals surface area contributed by atoms with Crippen LogP contribution in [0.5, 0.6) is 0 Å². The van der Waals surface area contributed by atoms with Gasteiger partial charge in [0.05, 0.1) is 0 Å². The smallest absolute Gasteiger partial charge is 0.0479 e. The fraction of sp³-hybridized carbons (Fsp3) is 0.600. The number of fused-ring (bicyclic) bond motifs is 1. The van der Waals surface area contributed by atoms with Crippen molar-refractivity contribution in [2.24, 2.45) is 5.73 Å². The van der Waals surface area contributed by atoms with Crippen LogP contribution in [0.2, 0.25) is 0 Å². The Morgan fingerprint density at radius 1 is 1.44 bits per heavy atom. The molecule has 0 fully saturated rings. The lowest BCUT2D eigenvalue weighted by Crippen LogP contribution is -2.31. The minimum atomic E-state index is 0.124. The highest BCUT2D eigenvalue weighted by Crippen LogP contribution is 2.29. The summed E-state index contributed by atoms with van der Waals surface area (Å²) in [7, 11) is 1.76. The molecule has 0 spiro atoms. The molecule has 0 aromatic heterocycles. The number of benzene rings is 1. The van der Waals surface area contributed by atoms with Crippen LogP contribution < -0.4 is 10.6 Å². The van der Waals surface area contributed by atoms with Gasteiger partial charge in [0.1, 0.15) is 0 Å². The predicted molar refractivity (Wildman–Crippen MR) is 76.1 cm³/mol. The molecular weight excluding hydrogens is 224 g/mol. The van der Waals surface area contributed by atoms with Gasteiger partial charge in [-0.1, -0.05) is 12.1 Å². The van der Waals surface area contributed by atoms with Gasteiger partial charge in [-0.2, -0.15) is 0 Å². The van der Waals surface area contributed by atoms with Gasteiger partial charge < -0.3 is 15.4 Å². The normalized spacial score (nSPS) is 16.5. The van der Waals surface area contributed by atoms with Gasteiger partial charge in [-0.05, 0) is 43.4 Å². The predicted octanol–water partition coefficient (Wildman–Crippen LogP) is 2.50. The number of rotatable bonds is 5. The van der Waals surface area contributed by atoms with Crippen molar-refractivity contribution < 1.29 is 4.74 Å². The summed E-state index contributed by atoms with van der Waals surface area (Å²) in [6.45, 7) is 5.12. The first-order valence-corrected chi connectivity index (χ1v) is 6.84. The first-order chi connectivity index (χ1) is 8.72. The number of hydrogen-bond donors (Lipinski definition) is 1. The molecule has 0 amide bonds. The minimum Gasteiger partial charge on any atom is -0.385 e. The Kier molecular flexibility index (Phi) is 4.61. The molecule has 1 aliphatic rings. The Balaban J connectivity index is 2.11. The van der Waals surface area contributed by atoms with Crippen LogP contribution in [0.25, 0.3) is 0 Å². The summed E-state index contributed by atoms with van der Waals surface area (Å²) in [5, 5.41) is 0. The summed E-state index contributed by atoms with van der Waals surface area (Å²) >= 11 is 0. The second-order valence-corrected chi connectivity index (χ2v) is 5.11. The zero-order valence-corrected chi connectivity index (χ0v) is 11.5. The maximum Gasteiger partial charge on any atom is 0.0479 e. The average Bonchev–Trinajstić information content (AvgIpc) is 2.38. The molecule has 0 saturated carbocycles. The summed E-state index contributed by atoms with van der Waals surface area (Å²) in [6, 6.07) is 6.81. The highest BCUT2D eigenvalue weighted by Gasteiger charge is 2.17. The third kappa shape index (κ3) is 3.03. The number of ether oxygens (including phenoxy) is 1. The van der Waals surface area contributed by atoms with E-state index in [9.17, 15) is 0 Å². The van der Waals surface area contributed by atoms with E-state index in [-0.39, 0.29) is 6.04 Å². The Hall–Kier alpha value is -1.06. The topological polar surface area (TPSA) is 38.5 Å². The second kappa shape index (κ2) is 6.21. The van der Waals surface area contributed by atoms with E-state index in [1.165, 1.54) is 29.7 Å². The highest BCUT2D eigenvalue weighted by molar-refractivity contribution is 5.57. The van der Waals surface area contributed by atoms with Crippen LogP contribution in [0.15, 0.2) is 18.2 Å². The minimum absolute atomic E-state index is 0.124. The zero-order chi connectivity index (χ0) is 13.0. The first-order valence-electron chi connectivity index (χ1n) is 6.84. The van der Waals surface area contributed by atoms with Crippen molar-refractivity contribution in [1.29, 1.82) is 0 Å². The molecule has 0 bridgehead atoms. The van der Waals surface area contributed by atoms with Gasteiger partial charge in [-0.15, -0.1) is 0 Å². The number of nitrogens with two attached hydrogens (primary N) is 1. The summed E-state index contributed by atoms with van der Waals surface area (Å²) < 4.78 is 5.13. The molecule has 1 atom stereocenters. The number of nitrogens with zero attached hydrogens (tertiary/aromatic N) is 1. The van der Waals surface area contributed by atoms with E-state index >= 15 is 0 Å². The lowest BCUT2D eigenvalue weighted by molar-refractivity contribution is 0.196. The van der Waals surface area contributed by atoms with Gasteiger partial charge in [0, 0.05) is 38.5 Å². The number of aryl methyl sites for hydroxylation is 1. The number of anilines is 1. The van der Waals surface area contributed by atoms with Crippen molar-refractivity contribution in [3.05, 3.63) is 29.3 Å². The lowest BCUT2D eigenvalue weighted by atomic mass is 9.97. The van der Waals surface area contributed by atoms with Gasteiger partial charge in [0.25, 0.3) is 0 Å². The number of methoxy groups -OCH3 is 1. The van der Waals surface area contributed by atoms with Crippen molar-refractivity contribution in [1.82, 2.24) is 0 Å². The zero-order valence-electron chi connectivity index (χ0n) is 11.5. The van der Waals surface area contributed by atoms with E-state index in [0.717, 1.165) is 26.1 Å². The molecule has 2 rings (SSSR count). The summed E-state index contributed by atoms with van der Waals surface area (Å²) in [4.78, 5) is 2.48. The van der Waals surface area contributed by atoms with Gasteiger partial charge in [-0.3, -0.25) is 0 Å². The molecule has 0 saturated heterocycles. The Bertz CT molecular complexity index is 390.